The van der Waals surface area contributed by atoms with E-state index in [1.807, 2.05) is 6.92 Å². The van der Waals surface area contributed by atoms with Gasteiger partial charge in [0.25, 0.3) is 0 Å². The summed E-state index contributed by atoms with van der Waals surface area (Å²) in [7, 11) is 0. The lowest BCUT2D eigenvalue weighted by atomic mass is 10.2. The Morgan fingerprint density at radius 1 is 1.05 bits per heavy atom. The van der Waals surface area contributed by atoms with Crippen LogP contribution in [-0.2, 0) is 0 Å². The van der Waals surface area contributed by atoms with Gasteiger partial charge in [0.05, 0.1) is 12.3 Å². The summed E-state index contributed by atoms with van der Waals surface area (Å²) in [5.41, 5.74) is 7.41. The van der Waals surface area contributed by atoms with Gasteiger partial charge in [0.1, 0.15) is 5.75 Å². The molecule has 0 saturated carbocycles. The van der Waals surface area contributed by atoms with Gasteiger partial charge in [-0.25, -0.2) is 8.78 Å². The zero-order valence-corrected chi connectivity index (χ0v) is 10.4. The highest BCUT2D eigenvalue weighted by molar-refractivity contribution is 5.66. The molecule has 0 aliphatic heterocycles. The van der Waals surface area contributed by atoms with Gasteiger partial charge in [-0.15, -0.1) is 0 Å². The van der Waals surface area contributed by atoms with Gasteiger partial charge in [-0.1, -0.05) is 0 Å². The topological polar surface area (TPSA) is 47.3 Å². The minimum absolute atomic E-state index is 0.450. The van der Waals surface area contributed by atoms with Crippen LogP contribution < -0.4 is 15.8 Å². The molecule has 0 saturated heterocycles. The lowest BCUT2D eigenvalue weighted by molar-refractivity contribution is 0.342. The lowest BCUT2D eigenvalue weighted by Crippen LogP contribution is -1.98. The molecule has 0 atom stereocenters. The Labute approximate surface area is 110 Å². The molecule has 3 N–H and O–H groups in total. The molecule has 19 heavy (non-hydrogen) atoms. The van der Waals surface area contributed by atoms with Crippen molar-refractivity contribution < 1.29 is 13.5 Å². The van der Waals surface area contributed by atoms with Crippen molar-refractivity contribution in [2.75, 3.05) is 17.7 Å². The molecule has 0 radical (unpaired) electrons. The standard InChI is InChI=1S/C14H14F2N2O/c1-2-19-14-8-10(4-6-13(14)17)18-9-3-5-11(15)12(16)7-9/h3-8,18H,2,17H2,1H3. The van der Waals surface area contributed by atoms with Gasteiger partial charge in [-0.2, -0.15) is 0 Å². The van der Waals surface area contributed by atoms with Crippen LogP contribution in [0.15, 0.2) is 36.4 Å². The normalized spacial score (nSPS) is 10.3. The Bertz CT molecular complexity index is 588. The van der Waals surface area contributed by atoms with Crippen LogP contribution in [0.5, 0.6) is 5.75 Å². The largest absolute Gasteiger partial charge is 0.492 e. The zero-order chi connectivity index (χ0) is 13.8. The van der Waals surface area contributed by atoms with E-state index < -0.39 is 11.6 Å². The Hall–Kier alpha value is -2.30. The van der Waals surface area contributed by atoms with E-state index in [-0.39, 0.29) is 0 Å². The number of benzene rings is 2. The van der Waals surface area contributed by atoms with Gasteiger partial charge in [-0.3, -0.25) is 0 Å². The summed E-state index contributed by atoms with van der Waals surface area (Å²) < 4.78 is 31.3. The summed E-state index contributed by atoms with van der Waals surface area (Å²) >= 11 is 0. The first-order chi connectivity index (χ1) is 9.10. The molecule has 0 spiro atoms. The zero-order valence-electron chi connectivity index (χ0n) is 10.4. The van der Waals surface area contributed by atoms with E-state index in [2.05, 4.69) is 5.32 Å². The Morgan fingerprint density at radius 2 is 1.74 bits per heavy atom. The van der Waals surface area contributed by atoms with Gasteiger partial charge in [0.15, 0.2) is 11.6 Å². The predicted molar refractivity (Wildman–Crippen MR) is 71.7 cm³/mol. The number of nitrogens with two attached hydrogens (primary N) is 1. The highest BCUT2D eigenvalue weighted by atomic mass is 19.2. The molecular weight excluding hydrogens is 250 g/mol. The smallest absolute Gasteiger partial charge is 0.160 e. The molecule has 0 unspecified atom stereocenters. The maximum absolute atomic E-state index is 13.1. The number of halogens is 2. The fraction of sp³-hybridized carbons (Fsp3) is 0.143. The molecule has 0 aromatic heterocycles. The van der Waals surface area contributed by atoms with Crippen LogP contribution in [0.4, 0.5) is 25.8 Å². The van der Waals surface area contributed by atoms with Crippen LogP contribution in [0.25, 0.3) is 0 Å². The highest BCUT2D eigenvalue weighted by Gasteiger charge is 2.05. The van der Waals surface area contributed by atoms with Crippen molar-refractivity contribution >= 4 is 17.1 Å². The monoisotopic (exact) mass is 264 g/mol. The van der Waals surface area contributed by atoms with Crippen molar-refractivity contribution in [2.24, 2.45) is 0 Å². The molecule has 0 bridgehead atoms. The van der Waals surface area contributed by atoms with Gasteiger partial charge in [0, 0.05) is 23.5 Å². The first kappa shape index (κ1) is 13.1. The molecule has 2 rings (SSSR count). The number of rotatable bonds is 4. The van der Waals surface area contributed by atoms with Crippen LogP contribution in [0.2, 0.25) is 0 Å². The third kappa shape index (κ3) is 3.13. The van der Waals surface area contributed by atoms with E-state index in [4.69, 9.17) is 10.5 Å². The van der Waals surface area contributed by atoms with Gasteiger partial charge >= 0.3 is 0 Å². The Morgan fingerprint density at radius 3 is 2.42 bits per heavy atom. The summed E-state index contributed by atoms with van der Waals surface area (Å²) in [6.45, 7) is 2.35. The van der Waals surface area contributed by atoms with Crippen molar-refractivity contribution in [3.05, 3.63) is 48.0 Å². The first-order valence-corrected chi connectivity index (χ1v) is 5.84. The number of nitrogens with one attached hydrogen (secondary N) is 1. The minimum atomic E-state index is -0.898. The van der Waals surface area contributed by atoms with E-state index in [0.717, 1.165) is 12.1 Å². The predicted octanol–water partition coefficient (Wildman–Crippen LogP) is 3.69. The quantitative estimate of drug-likeness (QED) is 0.828. The average molecular weight is 264 g/mol. The van der Waals surface area contributed by atoms with Crippen LogP contribution in [0.1, 0.15) is 6.92 Å². The average Bonchev–Trinajstić information content (AvgIpc) is 2.38. The lowest BCUT2D eigenvalue weighted by Gasteiger charge is -2.11. The van der Waals surface area contributed by atoms with E-state index in [9.17, 15) is 8.78 Å². The maximum Gasteiger partial charge on any atom is 0.160 e. The number of nitrogen functional groups attached to an aromatic ring is 1. The van der Waals surface area contributed by atoms with Crippen LogP contribution in [-0.4, -0.2) is 6.61 Å². The summed E-state index contributed by atoms with van der Waals surface area (Å²) in [5.74, 6) is -1.22. The van der Waals surface area contributed by atoms with Gasteiger partial charge < -0.3 is 15.8 Å². The van der Waals surface area contributed by atoms with Crippen molar-refractivity contribution in [1.82, 2.24) is 0 Å². The molecule has 5 heteroatoms. The maximum atomic E-state index is 13.1. The third-order valence-electron chi connectivity index (χ3n) is 2.52. The Balaban J connectivity index is 2.22. The molecule has 100 valence electrons. The van der Waals surface area contributed by atoms with E-state index in [0.29, 0.717) is 29.4 Å². The molecule has 0 fully saturated rings. The molecule has 0 aliphatic rings. The molecule has 3 nitrogen and oxygen atoms in total. The molecule has 2 aromatic carbocycles. The van der Waals surface area contributed by atoms with Gasteiger partial charge in [0.2, 0.25) is 0 Å². The van der Waals surface area contributed by atoms with Crippen molar-refractivity contribution in [1.29, 1.82) is 0 Å². The summed E-state index contributed by atoms with van der Waals surface area (Å²) in [4.78, 5) is 0. The SMILES string of the molecule is CCOc1cc(Nc2ccc(F)c(F)c2)ccc1N. The van der Waals surface area contributed by atoms with Gasteiger partial charge in [-0.05, 0) is 31.2 Å². The fourth-order valence-corrected chi connectivity index (χ4v) is 1.63. The van der Waals surface area contributed by atoms with Crippen LogP contribution in [0.3, 0.4) is 0 Å². The van der Waals surface area contributed by atoms with E-state index >= 15 is 0 Å². The number of hydrogen-bond acceptors (Lipinski definition) is 3. The van der Waals surface area contributed by atoms with Crippen molar-refractivity contribution in [3.63, 3.8) is 0 Å². The molecule has 2 aromatic rings. The van der Waals surface area contributed by atoms with E-state index in [1.165, 1.54) is 6.07 Å². The van der Waals surface area contributed by atoms with E-state index in [1.54, 1.807) is 18.2 Å². The summed E-state index contributed by atoms with van der Waals surface area (Å²) in [5, 5.41) is 2.96. The third-order valence-corrected chi connectivity index (χ3v) is 2.52. The number of ether oxygens (including phenoxy) is 1. The highest BCUT2D eigenvalue weighted by Crippen LogP contribution is 2.27. The molecule has 0 aliphatic carbocycles. The molecule has 0 amide bonds. The Kier molecular flexibility index (Phi) is 3.85. The second-order valence-corrected chi connectivity index (χ2v) is 3.94. The number of anilines is 3. The number of hydrogen-bond donors (Lipinski definition) is 2. The molecule has 0 heterocycles. The second kappa shape index (κ2) is 5.56. The second-order valence-electron chi connectivity index (χ2n) is 3.94. The first-order valence-electron chi connectivity index (χ1n) is 5.84. The minimum Gasteiger partial charge on any atom is -0.492 e. The van der Waals surface area contributed by atoms with Crippen molar-refractivity contribution in [2.45, 2.75) is 6.92 Å². The van der Waals surface area contributed by atoms with Crippen LogP contribution >= 0.6 is 0 Å². The summed E-state index contributed by atoms with van der Waals surface area (Å²) in [6.07, 6.45) is 0. The fourth-order valence-electron chi connectivity index (χ4n) is 1.63. The van der Waals surface area contributed by atoms with Crippen molar-refractivity contribution in [3.8, 4) is 5.75 Å². The van der Waals surface area contributed by atoms with Crippen LogP contribution in [0, 0.1) is 11.6 Å². The summed E-state index contributed by atoms with van der Waals surface area (Å²) in [6, 6.07) is 8.74. The molecular formula is C14H14F2N2O.